The zero-order chi connectivity index (χ0) is 13.5. The normalized spacial score (nSPS) is 11.6. The Labute approximate surface area is 103 Å². The summed E-state index contributed by atoms with van der Waals surface area (Å²) in [4.78, 5) is 22.2. The van der Waals surface area contributed by atoms with Gasteiger partial charge in [-0.3, -0.25) is 0 Å². The van der Waals surface area contributed by atoms with Crippen molar-refractivity contribution in [3.05, 3.63) is 24.8 Å². The van der Waals surface area contributed by atoms with Crippen molar-refractivity contribution in [2.45, 2.75) is 12.5 Å². The van der Waals surface area contributed by atoms with Gasteiger partial charge in [-0.1, -0.05) is 12.7 Å². The van der Waals surface area contributed by atoms with E-state index in [1.165, 1.54) is 12.4 Å². The Morgan fingerprint density at radius 2 is 2.44 bits per heavy atom. The molecule has 0 bridgehead atoms. The molecule has 1 unspecified atom stereocenters. The number of hydrogen-bond acceptors (Lipinski definition) is 5. The van der Waals surface area contributed by atoms with Crippen LogP contribution in [0.1, 0.15) is 5.82 Å². The topological polar surface area (TPSA) is 106 Å². The minimum atomic E-state index is -1.17. The Balaban J connectivity index is 2.61. The van der Waals surface area contributed by atoms with E-state index in [0.717, 1.165) is 0 Å². The van der Waals surface area contributed by atoms with Crippen LogP contribution >= 0.6 is 0 Å². The van der Waals surface area contributed by atoms with Crippen LogP contribution in [0.3, 0.4) is 0 Å². The molecule has 1 heterocycles. The first kappa shape index (κ1) is 13.7. The highest BCUT2D eigenvalue weighted by molar-refractivity contribution is 5.80. The number of rotatable bonds is 6. The Kier molecular flexibility index (Phi) is 4.85. The van der Waals surface area contributed by atoms with Gasteiger partial charge in [-0.15, -0.1) is 10.2 Å². The van der Waals surface area contributed by atoms with E-state index in [0.29, 0.717) is 5.82 Å². The number of ether oxygens (including phenoxy) is 1. The quantitative estimate of drug-likeness (QED) is 0.676. The van der Waals surface area contributed by atoms with Crippen LogP contribution in [0.4, 0.5) is 4.79 Å². The van der Waals surface area contributed by atoms with E-state index in [1.54, 1.807) is 11.6 Å². The van der Waals surface area contributed by atoms with Crippen molar-refractivity contribution in [3.8, 4) is 0 Å². The number of carboxylic acid groups (broad SMARTS) is 1. The third-order valence-electron chi connectivity index (χ3n) is 2.11. The monoisotopic (exact) mass is 254 g/mol. The summed E-state index contributed by atoms with van der Waals surface area (Å²) in [6.45, 7) is 3.39. The summed E-state index contributed by atoms with van der Waals surface area (Å²) < 4.78 is 6.22. The van der Waals surface area contributed by atoms with Gasteiger partial charge in [0.15, 0.2) is 0 Å². The Bertz CT molecular complexity index is 443. The van der Waals surface area contributed by atoms with Gasteiger partial charge in [0.1, 0.15) is 24.8 Å². The number of nitrogens with zero attached hydrogens (tertiary/aromatic N) is 3. The molecule has 1 amide bonds. The molecule has 0 aliphatic carbocycles. The van der Waals surface area contributed by atoms with Crippen molar-refractivity contribution in [2.75, 3.05) is 6.61 Å². The average molecular weight is 254 g/mol. The molecule has 0 spiro atoms. The van der Waals surface area contributed by atoms with E-state index in [1.807, 2.05) is 0 Å². The number of hydrogen-bond donors (Lipinski definition) is 2. The van der Waals surface area contributed by atoms with Crippen LogP contribution in [-0.4, -0.2) is 44.6 Å². The lowest BCUT2D eigenvalue weighted by molar-refractivity contribution is -0.139. The van der Waals surface area contributed by atoms with Gasteiger partial charge in [-0.25, -0.2) is 9.59 Å². The molecule has 1 aromatic heterocycles. The molecule has 0 aromatic carbocycles. The van der Waals surface area contributed by atoms with E-state index < -0.39 is 18.1 Å². The van der Waals surface area contributed by atoms with Crippen molar-refractivity contribution >= 4 is 12.1 Å². The zero-order valence-electron chi connectivity index (χ0n) is 9.87. The number of alkyl carbamates (subject to hydrolysis) is 1. The molecular weight excluding hydrogens is 240 g/mol. The molecule has 0 aliphatic rings. The largest absolute Gasteiger partial charge is 0.480 e. The smallest absolute Gasteiger partial charge is 0.408 e. The first-order valence-electron chi connectivity index (χ1n) is 5.14. The number of carbonyl (C=O) groups is 2. The highest BCUT2D eigenvalue weighted by Crippen LogP contribution is 1.99. The SMILES string of the molecule is C=CCOC(=O)NC(Cc1nncn1C)C(=O)O. The predicted molar refractivity (Wildman–Crippen MR) is 60.8 cm³/mol. The van der Waals surface area contributed by atoms with E-state index >= 15 is 0 Å². The van der Waals surface area contributed by atoms with Gasteiger partial charge in [0.2, 0.25) is 0 Å². The Morgan fingerprint density at radius 1 is 1.72 bits per heavy atom. The van der Waals surface area contributed by atoms with Crippen molar-refractivity contribution in [2.24, 2.45) is 7.05 Å². The van der Waals surface area contributed by atoms with Gasteiger partial charge >= 0.3 is 12.1 Å². The minimum Gasteiger partial charge on any atom is -0.480 e. The molecule has 1 atom stereocenters. The molecule has 2 N–H and O–H groups in total. The summed E-state index contributed by atoms with van der Waals surface area (Å²) in [5, 5.41) is 18.6. The van der Waals surface area contributed by atoms with Crippen molar-refractivity contribution in [1.82, 2.24) is 20.1 Å². The van der Waals surface area contributed by atoms with Crippen LogP contribution in [0.15, 0.2) is 19.0 Å². The molecule has 0 saturated carbocycles. The maximum atomic E-state index is 11.2. The van der Waals surface area contributed by atoms with Crippen LogP contribution in [0, 0.1) is 0 Å². The molecule has 0 saturated heterocycles. The number of carboxylic acids is 1. The van der Waals surface area contributed by atoms with Crippen LogP contribution in [-0.2, 0) is 23.0 Å². The van der Waals surface area contributed by atoms with Crippen LogP contribution in [0.2, 0.25) is 0 Å². The molecule has 98 valence electrons. The van der Waals surface area contributed by atoms with Crippen molar-refractivity contribution in [3.63, 3.8) is 0 Å². The molecule has 1 aromatic rings. The van der Waals surface area contributed by atoms with Gasteiger partial charge in [0.25, 0.3) is 0 Å². The Hall–Kier alpha value is -2.38. The predicted octanol–water partition coefficient (Wildman–Crippen LogP) is -0.277. The van der Waals surface area contributed by atoms with E-state index in [2.05, 4.69) is 26.8 Å². The summed E-state index contributed by atoms with van der Waals surface area (Å²) in [5.74, 6) is -0.722. The second kappa shape index (κ2) is 6.38. The fourth-order valence-corrected chi connectivity index (χ4v) is 1.19. The number of nitrogens with one attached hydrogen (secondary N) is 1. The molecule has 0 fully saturated rings. The summed E-state index contributed by atoms with van der Waals surface area (Å²) in [7, 11) is 1.68. The lowest BCUT2D eigenvalue weighted by atomic mass is 10.2. The molecule has 8 heteroatoms. The van der Waals surface area contributed by atoms with Crippen LogP contribution < -0.4 is 5.32 Å². The van der Waals surface area contributed by atoms with Gasteiger partial charge < -0.3 is 19.7 Å². The second-order valence-electron chi connectivity index (χ2n) is 3.48. The van der Waals surface area contributed by atoms with Crippen molar-refractivity contribution in [1.29, 1.82) is 0 Å². The average Bonchev–Trinajstić information content (AvgIpc) is 2.71. The first-order chi connectivity index (χ1) is 8.54. The maximum Gasteiger partial charge on any atom is 0.408 e. The molecule has 1 rings (SSSR count). The first-order valence-corrected chi connectivity index (χ1v) is 5.14. The standard InChI is InChI=1S/C10H14N4O4/c1-3-4-18-10(17)12-7(9(15)16)5-8-13-11-6-14(8)2/h3,6-7H,1,4-5H2,2H3,(H,12,17)(H,15,16). The fourth-order valence-electron chi connectivity index (χ4n) is 1.19. The number of amides is 1. The Morgan fingerprint density at radius 3 is 2.94 bits per heavy atom. The molecule has 0 aliphatic heterocycles. The maximum absolute atomic E-state index is 11.2. The molecule has 0 radical (unpaired) electrons. The summed E-state index contributed by atoms with van der Waals surface area (Å²) in [5.41, 5.74) is 0. The van der Waals surface area contributed by atoms with Gasteiger partial charge in [-0.05, 0) is 0 Å². The van der Waals surface area contributed by atoms with E-state index in [9.17, 15) is 9.59 Å². The van der Waals surface area contributed by atoms with Gasteiger partial charge in [-0.2, -0.15) is 0 Å². The second-order valence-corrected chi connectivity index (χ2v) is 3.48. The third kappa shape index (κ3) is 3.89. The van der Waals surface area contributed by atoms with Crippen LogP contribution in [0.25, 0.3) is 0 Å². The number of aliphatic carboxylic acids is 1. The number of carbonyl (C=O) groups excluding carboxylic acids is 1. The van der Waals surface area contributed by atoms with Gasteiger partial charge in [0.05, 0.1) is 0 Å². The van der Waals surface area contributed by atoms with E-state index in [4.69, 9.17) is 5.11 Å². The minimum absolute atomic E-state index is 0.0160. The summed E-state index contributed by atoms with van der Waals surface area (Å²) in [6, 6.07) is -1.12. The molecule has 8 nitrogen and oxygen atoms in total. The zero-order valence-corrected chi connectivity index (χ0v) is 9.87. The van der Waals surface area contributed by atoms with Crippen molar-refractivity contribution < 1.29 is 19.4 Å². The van der Waals surface area contributed by atoms with Gasteiger partial charge in [0, 0.05) is 13.5 Å². The van der Waals surface area contributed by atoms with Crippen LogP contribution in [0.5, 0.6) is 0 Å². The molecular formula is C10H14N4O4. The summed E-state index contributed by atoms with van der Waals surface area (Å²) in [6.07, 6.45) is 2.04. The third-order valence-corrected chi connectivity index (χ3v) is 2.11. The molecule has 18 heavy (non-hydrogen) atoms. The van der Waals surface area contributed by atoms with E-state index in [-0.39, 0.29) is 13.0 Å². The lowest BCUT2D eigenvalue weighted by Crippen LogP contribution is -2.43. The highest BCUT2D eigenvalue weighted by atomic mass is 16.5. The fraction of sp³-hybridized carbons (Fsp3) is 0.400. The number of aromatic nitrogens is 3. The number of aryl methyl sites for hydroxylation is 1. The highest BCUT2D eigenvalue weighted by Gasteiger charge is 2.23. The summed E-state index contributed by atoms with van der Waals surface area (Å²) >= 11 is 0. The lowest BCUT2D eigenvalue weighted by Gasteiger charge is -2.13.